The van der Waals surface area contributed by atoms with Crippen LogP contribution < -0.4 is 4.72 Å². The summed E-state index contributed by atoms with van der Waals surface area (Å²) in [5, 5.41) is 4.50. The van der Waals surface area contributed by atoms with Gasteiger partial charge in [-0.05, 0) is 18.2 Å². The van der Waals surface area contributed by atoms with Crippen molar-refractivity contribution in [3.05, 3.63) is 48.4 Å². The summed E-state index contributed by atoms with van der Waals surface area (Å²) >= 11 is 0. The SMILES string of the molecule is Cn1cc(S(=O)(=O)NC(=O)c2cccc3c2ccn3C)cn1. The summed E-state index contributed by atoms with van der Waals surface area (Å²) in [6.07, 6.45) is 4.34. The third kappa shape index (κ3) is 2.37. The van der Waals surface area contributed by atoms with Crippen LogP contribution in [0.25, 0.3) is 10.9 Å². The summed E-state index contributed by atoms with van der Waals surface area (Å²) in [7, 11) is -0.478. The maximum atomic E-state index is 12.3. The fourth-order valence-electron chi connectivity index (χ4n) is 2.27. The number of hydrogen-bond donors (Lipinski definition) is 1. The number of aryl methyl sites for hydroxylation is 2. The van der Waals surface area contributed by atoms with Crippen LogP contribution in [0.2, 0.25) is 0 Å². The molecule has 1 N–H and O–H groups in total. The molecule has 0 spiro atoms. The van der Waals surface area contributed by atoms with Crippen molar-refractivity contribution in [1.82, 2.24) is 19.1 Å². The van der Waals surface area contributed by atoms with E-state index in [1.165, 1.54) is 17.1 Å². The van der Waals surface area contributed by atoms with Crippen molar-refractivity contribution >= 4 is 26.8 Å². The Morgan fingerprint density at radius 2 is 2.00 bits per heavy atom. The van der Waals surface area contributed by atoms with Crippen LogP contribution in [-0.4, -0.2) is 28.7 Å². The summed E-state index contributed by atoms with van der Waals surface area (Å²) in [5.74, 6) is -0.666. The Hall–Kier alpha value is -2.61. The highest BCUT2D eigenvalue weighted by Gasteiger charge is 2.21. The van der Waals surface area contributed by atoms with E-state index in [9.17, 15) is 13.2 Å². The molecule has 7 nitrogen and oxygen atoms in total. The third-order valence-electron chi connectivity index (χ3n) is 3.39. The fourth-order valence-corrected chi connectivity index (χ4v) is 3.22. The van der Waals surface area contributed by atoms with Crippen molar-refractivity contribution in [2.75, 3.05) is 0 Å². The lowest BCUT2D eigenvalue weighted by Gasteiger charge is -2.06. The van der Waals surface area contributed by atoms with E-state index in [4.69, 9.17) is 0 Å². The molecule has 0 bridgehead atoms. The summed E-state index contributed by atoms with van der Waals surface area (Å²) in [4.78, 5) is 12.3. The molecule has 0 saturated heterocycles. The average molecular weight is 318 g/mol. The van der Waals surface area contributed by atoms with Crippen LogP contribution >= 0.6 is 0 Å². The molecule has 3 aromatic rings. The molecule has 22 heavy (non-hydrogen) atoms. The molecule has 8 heteroatoms. The van der Waals surface area contributed by atoms with Gasteiger partial charge in [-0.1, -0.05) is 6.07 Å². The van der Waals surface area contributed by atoms with Crippen molar-refractivity contribution in [3.63, 3.8) is 0 Å². The van der Waals surface area contributed by atoms with Crippen LogP contribution in [0.3, 0.4) is 0 Å². The van der Waals surface area contributed by atoms with Crippen LogP contribution in [0.1, 0.15) is 10.4 Å². The van der Waals surface area contributed by atoms with Gasteiger partial charge in [-0.25, -0.2) is 13.1 Å². The van der Waals surface area contributed by atoms with E-state index in [1.54, 1.807) is 25.2 Å². The number of sulfonamides is 1. The number of carbonyl (C=O) groups is 1. The number of fused-ring (bicyclic) bond motifs is 1. The molecule has 0 fully saturated rings. The maximum Gasteiger partial charge on any atom is 0.267 e. The Labute approximate surface area is 127 Å². The predicted molar refractivity (Wildman–Crippen MR) is 80.8 cm³/mol. The summed E-state index contributed by atoms with van der Waals surface area (Å²) in [6, 6.07) is 6.95. The first-order chi connectivity index (χ1) is 10.4. The van der Waals surface area contributed by atoms with Gasteiger partial charge in [0.1, 0.15) is 4.90 Å². The number of rotatable bonds is 3. The van der Waals surface area contributed by atoms with E-state index in [2.05, 4.69) is 9.82 Å². The highest BCUT2D eigenvalue weighted by Crippen LogP contribution is 2.20. The highest BCUT2D eigenvalue weighted by atomic mass is 32.2. The van der Waals surface area contributed by atoms with Gasteiger partial charge in [0.25, 0.3) is 15.9 Å². The van der Waals surface area contributed by atoms with Gasteiger partial charge >= 0.3 is 0 Å². The molecule has 0 aliphatic carbocycles. The van der Waals surface area contributed by atoms with Crippen LogP contribution in [0, 0.1) is 0 Å². The third-order valence-corrected chi connectivity index (χ3v) is 4.68. The summed E-state index contributed by atoms with van der Waals surface area (Å²) in [6.45, 7) is 0. The van der Waals surface area contributed by atoms with E-state index < -0.39 is 15.9 Å². The molecule has 2 aromatic heterocycles. The maximum absolute atomic E-state index is 12.3. The minimum absolute atomic E-state index is 0.0522. The molecule has 0 radical (unpaired) electrons. The van der Waals surface area contributed by atoms with Crippen LogP contribution in [0.4, 0.5) is 0 Å². The Kier molecular flexibility index (Phi) is 3.25. The minimum Gasteiger partial charge on any atom is -0.351 e. The standard InChI is InChI=1S/C14H14N4O3S/c1-17-7-6-11-12(4-3-5-13(11)17)14(19)16-22(20,21)10-8-15-18(2)9-10/h3-9H,1-2H3,(H,16,19). The number of benzene rings is 1. The fraction of sp³-hybridized carbons (Fsp3) is 0.143. The van der Waals surface area contributed by atoms with E-state index in [-0.39, 0.29) is 4.90 Å². The zero-order valence-corrected chi connectivity index (χ0v) is 12.8. The zero-order valence-electron chi connectivity index (χ0n) is 12.0. The van der Waals surface area contributed by atoms with Gasteiger partial charge in [0.2, 0.25) is 0 Å². The topological polar surface area (TPSA) is 86.0 Å². The lowest BCUT2D eigenvalue weighted by molar-refractivity contribution is 0.0983. The van der Waals surface area contributed by atoms with E-state index in [1.807, 2.05) is 23.9 Å². The number of amides is 1. The van der Waals surface area contributed by atoms with E-state index >= 15 is 0 Å². The molecule has 114 valence electrons. The van der Waals surface area contributed by atoms with Crippen LogP contribution in [0.15, 0.2) is 47.8 Å². The Balaban J connectivity index is 1.97. The zero-order chi connectivity index (χ0) is 15.9. The van der Waals surface area contributed by atoms with Gasteiger partial charge in [-0.3, -0.25) is 9.48 Å². The second kappa shape index (κ2) is 4.99. The van der Waals surface area contributed by atoms with Crippen molar-refractivity contribution in [2.24, 2.45) is 14.1 Å². The molecule has 0 saturated carbocycles. The van der Waals surface area contributed by atoms with Gasteiger partial charge in [0.15, 0.2) is 0 Å². The summed E-state index contributed by atoms with van der Waals surface area (Å²) < 4.78 is 29.7. The predicted octanol–water partition coefficient (Wildman–Crippen LogP) is 1.03. The molecule has 0 aliphatic heterocycles. The number of carbonyl (C=O) groups excluding carboxylic acids is 1. The van der Waals surface area contributed by atoms with E-state index in [0.29, 0.717) is 10.9 Å². The molecule has 1 amide bonds. The number of nitrogens with one attached hydrogen (secondary N) is 1. The monoisotopic (exact) mass is 318 g/mol. The smallest absolute Gasteiger partial charge is 0.267 e. The van der Waals surface area contributed by atoms with Gasteiger partial charge in [0, 0.05) is 43.0 Å². The van der Waals surface area contributed by atoms with Gasteiger partial charge < -0.3 is 4.57 Å². The van der Waals surface area contributed by atoms with Crippen molar-refractivity contribution in [1.29, 1.82) is 0 Å². The summed E-state index contributed by atoms with van der Waals surface area (Å²) in [5.41, 5.74) is 1.16. The molecule has 0 aliphatic rings. The second-order valence-electron chi connectivity index (χ2n) is 4.95. The number of aromatic nitrogens is 3. The first-order valence-corrected chi connectivity index (χ1v) is 7.96. The largest absolute Gasteiger partial charge is 0.351 e. The molecular weight excluding hydrogens is 304 g/mol. The van der Waals surface area contributed by atoms with Gasteiger partial charge in [0.05, 0.1) is 6.20 Å². The first kappa shape index (κ1) is 14.3. The molecule has 3 rings (SSSR count). The Morgan fingerprint density at radius 1 is 1.23 bits per heavy atom. The van der Waals surface area contributed by atoms with Crippen LogP contribution in [-0.2, 0) is 24.1 Å². The normalized spacial score (nSPS) is 11.7. The molecule has 0 unspecified atom stereocenters. The van der Waals surface area contributed by atoms with Gasteiger partial charge in [-0.2, -0.15) is 5.10 Å². The Morgan fingerprint density at radius 3 is 2.68 bits per heavy atom. The highest BCUT2D eigenvalue weighted by molar-refractivity contribution is 7.90. The van der Waals surface area contributed by atoms with Crippen molar-refractivity contribution < 1.29 is 13.2 Å². The minimum atomic E-state index is -3.94. The second-order valence-corrected chi connectivity index (χ2v) is 6.63. The molecule has 1 aromatic carbocycles. The molecule has 2 heterocycles. The quantitative estimate of drug-likeness (QED) is 0.781. The van der Waals surface area contributed by atoms with Crippen LogP contribution in [0.5, 0.6) is 0 Å². The lowest BCUT2D eigenvalue weighted by Crippen LogP contribution is -2.30. The molecular formula is C14H14N4O3S. The molecule has 0 atom stereocenters. The van der Waals surface area contributed by atoms with Crippen molar-refractivity contribution in [3.8, 4) is 0 Å². The van der Waals surface area contributed by atoms with E-state index in [0.717, 1.165) is 5.52 Å². The van der Waals surface area contributed by atoms with Crippen molar-refractivity contribution in [2.45, 2.75) is 4.90 Å². The lowest BCUT2D eigenvalue weighted by atomic mass is 10.1. The first-order valence-electron chi connectivity index (χ1n) is 6.48. The average Bonchev–Trinajstić information content (AvgIpc) is 3.05. The number of hydrogen-bond acceptors (Lipinski definition) is 4. The number of nitrogens with zero attached hydrogens (tertiary/aromatic N) is 3. The Bertz CT molecular complexity index is 969. The van der Waals surface area contributed by atoms with Gasteiger partial charge in [-0.15, -0.1) is 0 Å².